The largest absolute Gasteiger partial charge is 0.480 e. The summed E-state index contributed by atoms with van der Waals surface area (Å²) in [6.45, 7) is 5.46. The van der Waals surface area contributed by atoms with Crippen LogP contribution in [0.15, 0.2) is 24.3 Å². The Hall–Kier alpha value is -1.71. The van der Waals surface area contributed by atoms with E-state index in [2.05, 4.69) is 16.8 Å². The molecule has 4 heteroatoms. The summed E-state index contributed by atoms with van der Waals surface area (Å²) in [4.78, 5) is 11.5. The molecule has 0 amide bonds. The van der Waals surface area contributed by atoms with Crippen LogP contribution in [0.3, 0.4) is 0 Å². The third-order valence-corrected chi connectivity index (χ3v) is 1.60. The van der Waals surface area contributed by atoms with Gasteiger partial charge < -0.3 is 4.74 Å². The number of carbonyl (C=O) groups is 1. The zero-order chi connectivity index (χ0) is 10.6. The lowest BCUT2D eigenvalue weighted by atomic mass is 10.1. The lowest BCUT2D eigenvalue weighted by Gasteiger charge is -2.00. The van der Waals surface area contributed by atoms with Crippen molar-refractivity contribution in [2.75, 3.05) is 7.11 Å². The molecule has 0 aromatic carbocycles. The number of nitrogens with zero attached hydrogens (tertiary/aromatic N) is 2. The maximum atomic E-state index is 11.5. The maximum absolute atomic E-state index is 11.5. The van der Waals surface area contributed by atoms with E-state index in [0.29, 0.717) is 18.0 Å². The van der Waals surface area contributed by atoms with Gasteiger partial charge in [-0.2, -0.15) is 0 Å². The molecule has 0 spiro atoms. The summed E-state index contributed by atoms with van der Waals surface area (Å²) >= 11 is 0. The van der Waals surface area contributed by atoms with E-state index < -0.39 is 0 Å². The second-order valence-electron chi connectivity index (χ2n) is 3.02. The molecule has 74 valence electrons. The fourth-order valence-electron chi connectivity index (χ4n) is 0.942. The molecule has 1 aromatic rings. The van der Waals surface area contributed by atoms with Crippen molar-refractivity contribution in [3.05, 3.63) is 30.0 Å². The van der Waals surface area contributed by atoms with Gasteiger partial charge >= 0.3 is 0 Å². The highest BCUT2D eigenvalue weighted by atomic mass is 16.5. The first kappa shape index (κ1) is 10.4. The van der Waals surface area contributed by atoms with Crippen molar-refractivity contribution in [2.45, 2.75) is 13.3 Å². The number of ketones is 1. The van der Waals surface area contributed by atoms with Gasteiger partial charge in [0.15, 0.2) is 5.78 Å². The fourth-order valence-corrected chi connectivity index (χ4v) is 0.942. The van der Waals surface area contributed by atoms with Crippen LogP contribution in [0.5, 0.6) is 5.88 Å². The molecule has 0 radical (unpaired) electrons. The Balaban J connectivity index is 2.76. The van der Waals surface area contributed by atoms with Crippen molar-refractivity contribution in [1.82, 2.24) is 10.2 Å². The van der Waals surface area contributed by atoms with Crippen LogP contribution in [0, 0.1) is 0 Å². The Morgan fingerprint density at radius 3 is 2.64 bits per heavy atom. The smallest absolute Gasteiger partial charge is 0.233 e. The normalized spacial score (nSPS) is 9.57. The highest BCUT2D eigenvalue weighted by Crippen LogP contribution is 2.07. The fraction of sp³-hybridized carbons (Fsp3) is 0.300. The summed E-state index contributed by atoms with van der Waals surface area (Å²) in [5.74, 6) is 0.324. The first-order valence-corrected chi connectivity index (χ1v) is 4.19. The average molecular weight is 192 g/mol. The van der Waals surface area contributed by atoms with Crippen LogP contribution in [0.2, 0.25) is 0 Å². The molecule has 4 nitrogen and oxygen atoms in total. The first-order valence-electron chi connectivity index (χ1n) is 4.19. The number of aromatic nitrogens is 2. The number of carbonyl (C=O) groups excluding carboxylic acids is 1. The minimum Gasteiger partial charge on any atom is -0.480 e. The minimum absolute atomic E-state index is 0.0762. The summed E-state index contributed by atoms with van der Waals surface area (Å²) in [6.07, 6.45) is 0.307. The molecule has 0 saturated heterocycles. The van der Waals surface area contributed by atoms with E-state index in [1.807, 2.05) is 0 Å². The van der Waals surface area contributed by atoms with Crippen LogP contribution in [0.4, 0.5) is 0 Å². The molecule has 14 heavy (non-hydrogen) atoms. The highest BCUT2D eigenvalue weighted by Gasteiger charge is 2.08. The number of Topliss-reactive ketones (excluding diaryl/α,β-unsaturated/α-hetero) is 1. The van der Waals surface area contributed by atoms with E-state index in [4.69, 9.17) is 4.74 Å². The van der Waals surface area contributed by atoms with Crippen molar-refractivity contribution >= 4 is 5.78 Å². The third kappa shape index (κ3) is 2.65. The van der Waals surface area contributed by atoms with Crippen LogP contribution >= 0.6 is 0 Å². The number of rotatable bonds is 4. The van der Waals surface area contributed by atoms with Crippen molar-refractivity contribution in [2.24, 2.45) is 0 Å². The Labute approximate surface area is 82.6 Å². The van der Waals surface area contributed by atoms with Crippen LogP contribution < -0.4 is 4.74 Å². The zero-order valence-corrected chi connectivity index (χ0v) is 8.28. The van der Waals surface area contributed by atoms with Crippen molar-refractivity contribution in [3.8, 4) is 5.88 Å². The molecule has 0 bridgehead atoms. The third-order valence-electron chi connectivity index (χ3n) is 1.60. The molecule has 0 aliphatic carbocycles. The second kappa shape index (κ2) is 4.50. The van der Waals surface area contributed by atoms with Gasteiger partial charge in [-0.1, -0.05) is 12.2 Å². The molecule has 1 aromatic heterocycles. The van der Waals surface area contributed by atoms with Crippen molar-refractivity contribution in [3.63, 3.8) is 0 Å². The van der Waals surface area contributed by atoms with Gasteiger partial charge in [-0.3, -0.25) is 4.79 Å². The van der Waals surface area contributed by atoms with Crippen LogP contribution in [0.1, 0.15) is 23.8 Å². The summed E-state index contributed by atoms with van der Waals surface area (Å²) < 4.78 is 4.83. The quantitative estimate of drug-likeness (QED) is 0.537. The first-order chi connectivity index (χ1) is 6.63. The Bertz CT molecular complexity index is 344. The molecule has 0 N–H and O–H groups in total. The number of hydrogen-bond acceptors (Lipinski definition) is 4. The molecule has 0 saturated carbocycles. The number of hydrogen-bond donors (Lipinski definition) is 0. The average Bonchev–Trinajstić information content (AvgIpc) is 2.17. The van der Waals surface area contributed by atoms with Crippen LogP contribution in [-0.2, 0) is 0 Å². The van der Waals surface area contributed by atoms with Crippen molar-refractivity contribution in [1.29, 1.82) is 0 Å². The lowest BCUT2D eigenvalue weighted by Crippen LogP contribution is -2.04. The minimum atomic E-state index is -0.0762. The molecular formula is C10H12N2O2. The Kier molecular flexibility index (Phi) is 3.34. The van der Waals surface area contributed by atoms with Gasteiger partial charge in [0.2, 0.25) is 5.88 Å². The maximum Gasteiger partial charge on any atom is 0.233 e. The molecule has 0 aliphatic heterocycles. The van der Waals surface area contributed by atoms with Gasteiger partial charge in [0.1, 0.15) is 5.69 Å². The standard InChI is InChI=1S/C10H12N2O2/c1-7(2)6-9(13)8-4-5-10(14-3)12-11-8/h4-5H,1,6H2,2-3H3. The van der Waals surface area contributed by atoms with E-state index in [1.54, 1.807) is 19.1 Å². The number of methoxy groups -OCH3 is 1. The number of allylic oxidation sites excluding steroid dienone is 1. The van der Waals surface area contributed by atoms with E-state index in [0.717, 1.165) is 5.57 Å². The molecular weight excluding hydrogens is 180 g/mol. The summed E-state index contributed by atoms with van der Waals surface area (Å²) in [5.41, 5.74) is 1.15. The van der Waals surface area contributed by atoms with Gasteiger partial charge in [-0.15, -0.1) is 10.2 Å². The van der Waals surface area contributed by atoms with Crippen LogP contribution in [-0.4, -0.2) is 23.1 Å². The topological polar surface area (TPSA) is 52.1 Å². The summed E-state index contributed by atoms with van der Waals surface area (Å²) in [5, 5.41) is 7.44. The van der Waals surface area contributed by atoms with Gasteiger partial charge in [0.05, 0.1) is 7.11 Å². The molecule has 1 rings (SSSR count). The van der Waals surface area contributed by atoms with Gasteiger partial charge in [0, 0.05) is 12.5 Å². The van der Waals surface area contributed by atoms with E-state index in [-0.39, 0.29) is 5.78 Å². The summed E-state index contributed by atoms with van der Waals surface area (Å²) in [7, 11) is 1.50. The zero-order valence-electron chi connectivity index (χ0n) is 8.28. The SMILES string of the molecule is C=C(C)CC(=O)c1ccc(OC)nn1. The van der Waals surface area contributed by atoms with Gasteiger partial charge in [-0.25, -0.2) is 0 Å². The molecule has 1 heterocycles. The lowest BCUT2D eigenvalue weighted by molar-refractivity contribution is 0.0987. The summed E-state index contributed by atoms with van der Waals surface area (Å²) in [6, 6.07) is 3.20. The van der Waals surface area contributed by atoms with Gasteiger partial charge in [0.25, 0.3) is 0 Å². The van der Waals surface area contributed by atoms with Crippen molar-refractivity contribution < 1.29 is 9.53 Å². The second-order valence-corrected chi connectivity index (χ2v) is 3.02. The van der Waals surface area contributed by atoms with Gasteiger partial charge in [-0.05, 0) is 13.0 Å². The van der Waals surface area contributed by atoms with Crippen LogP contribution in [0.25, 0.3) is 0 Å². The molecule has 0 fully saturated rings. The van der Waals surface area contributed by atoms with E-state index in [9.17, 15) is 4.79 Å². The molecule has 0 aliphatic rings. The molecule has 0 unspecified atom stereocenters. The molecule has 0 atom stereocenters. The number of ether oxygens (including phenoxy) is 1. The Morgan fingerprint density at radius 2 is 2.21 bits per heavy atom. The van der Waals surface area contributed by atoms with E-state index in [1.165, 1.54) is 7.11 Å². The highest BCUT2D eigenvalue weighted by molar-refractivity contribution is 5.95. The Morgan fingerprint density at radius 1 is 1.50 bits per heavy atom. The predicted octanol–water partition coefficient (Wildman–Crippen LogP) is 1.63. The van der Waals surface area contributed by atoms with E-state index >= 15 is 0 Å². The monoisotopic (exact) mass is 192 g/mol. The predicted molar refractivity (Wildman–Crippen MR) is 52.3 cm³/mol.